The van der Waals surface area contributed by atoms with Crippen LogP contribution in [0.4, 0.5) is 0 Å². The van der Waals surface area contributed by atoms with E-state index in [1.807, 2.05) is 46.0 Å². The lowest BCUT2D eigenvalue weighted by atomic mass is 9.92. The Kier molecular flexibility index (Phi) is 6.51. The molecule has 1 aromatic carbocycles. The fourth-order valence-electron chi connectivity index (χ4n) is 4.10. The average molecular weight is 438 g/mol. The van der Waals surface area contributed by atoms with Crippen LogP contribution in [0.5, 0.6) is 0 Å². The van der Waals surface area contributed by atoms with Gasteiger partial charge in [-0.25, -0.2) is 4.98 Å². The summed E-state index contributed by atoms with van der Waals surface area (Å²) in [6.07, 6.45) is 2.98. The minimum atomic E-state index is -0.0710. The van der Waals surface area contributed by atoms with Crippen molar-refractivity contribution in [3.63, 3.8) is 0 Å². The molecule has 1 aliphatic heterocycles. The van der Waals surface area contributed by atoms with Crippen molar-refractivity contribution >= 4 is 23.2 Å². The number of nitrogens with one attached hydrogen (secondary N) is 1. The molecule has 0 saturated carbocycles. The summed E-state index contributed by atoms with van der Waals surface area (Å²) >= 11 is 1.59. The first-order chi connectivity index (χ1) is 15.0. The quantitative estimate of drug-likeness (QED) is 0.621. The van der Waals surface area contributed by atoms with Crippen LogP contribution in [0.3, 0.4) is 0 Å². The van der Waals surface area contributed by atoms with E-state index in [0.29, 0.717) is 36.4 Å². The number of hydrogen-bond donors (Lipinski definition) is 1. The molecule has 1 fully saturated rings. The van der Waals surface area contributed by atoms with Gasteiger partial charge in [-0.2, -0.15) is 11.3 Å². The Morgan fingerprint density at radius 1 is 1.13 bits per heavy atom. The standard InChI is InChI=1S/C24H27N3O3S/c1-16-9-17(2)13-27(12-16)24(29)21-14-30-23(26-21)20-5-3-18(4-6-20)11-25-22(28)10-19-7-8-31-15-19/h3-8,14-17H,9-13H2,1-2H3,(H,25,28). The highest BCUT2D eigenvalue weighted by atomic mass is 32.1. The second-order valence-electron chi connectivity index (χ2n) is 8.48. The minimum absolute atomic E-state index is 0.000295. The summed E-state index contributed by atoms with van der Waals surface area (Å²) in [6, 6.07) is 9.61. The maximum absolute atomic E-state index is 12.8. The molecule has 0 aliphatic carbocycles. The maximum Gasteiger partial charge on any atom is 0.275 e. The van der Waals surface area contributed by atoms with Crippen LogP contribution in [-0.2, 0) is 17.8 Å². The number of carbonyl (C=O) groups is 2. The molecule has 4 rings (SSSR count). The molecule has 2 atom stereocenters. The molecule has 2 aromatic heterocycles. The first-order valence-corrected chi connectivity index (χ1v) is 11.5. The number of piperidine rings is 1. The van der Waals surface area contributed by atoms with Crippen LogP contribution in [0.2, 0.25) is 0 Å². The zero-order chi connectivity index (χ0) is 21.8. The van der Waals surface area contributed by atoms with E-state index in [1.165, 1.54) is 6.26 Å². The zero-order valence-corrected chi connectivity index (χ0v) is 18.7. The summed E-state index contributed by atoms with van der Waals surface area (Å²) in [4.78, 5) is 31.2. The van der Waals surface area contributed by atoms with Gasteiger partial charge in [-0.1, -0.05) is 26.0 Å². The highest BCUT2D eigenvalue weighted by Crippen LogP contribution is 2.24. The van der Waals surface area contributed by atoms with Crippen LogP contribution >= 0.6 is 11.3 Å². The molecule has 0 radical (unpaired) electrons. The summed E-state index contributed by atoms with van der Waals surface area (Å²) < 4.78 is 5.59. The van der Waals surface area contributed by atoms with Crippen molar-refractivity contribution in [1.82, 2.24) is 15.2 Å². The first-order valence-electron chi connectivity index (χ1n) is 10.6. The molecule has 3 heterocycles. The molecule has 0 spiro atoms. The smallest absolute Gasteiger partial charge is 0.275 e. The van der Waals surface area contributed by atoms with E-state index in [4.69, 9.17) is 4.42 Å². The van der Waals surface area contributed by atoms with Crippen LogP contribution < -0.4 is 5.32 Å². The summed E-state index contributed by atoms with van der Waals surface area (Å²) in [6.45, 7) is 6.34. The Hall–Kier alpha value is -2.93. The number of aromatic nitrogens is 1. The summed E-state index contributed by atoms with van der Waals surface area (Å²) in [5.41, 5.74) is 3.16. The molecule has 2 amide bonds. The summed E-state index contributed by atoms with van der Waals surface area (Å²) in [7, 11) is 0. The van der Waals surface area contributed by atoms with E-state index in [0.717, 1.165) is 36.2 Å². The molecule has 7 heteroatoms. The SMILES string of the molecule is CC1CC(C)CN(C(=O)c2coc(-c3ccc(CNC(=O)Cc4ccsc4)cc3)n2)C1. The van der Waals surface area contributed by atoms with Crippen molar-refractivity contribution in [2.75, 3.05) is 13.1 Å². The Labute approximate surface area is 186 Å². The van der Waals surface area contributed by atoms with Gasteiger partial charge >= 0.3 is 0 Å². The van der Waals surface area contributed by atoms with Crippen LogP contribution in [0.15, 0.2) is 51.8 Å². The highest BCUT2D eigenvalue weighted by molar-refractivity contribution is 7.08. The number of benzene rings is 1. The lowest BCUT2D eigenvalue weighted by Crippen LogP contribution is -2.42. The Bertz CT molecular complexity index is 1020. The van der Waals surface area contributed by atoms with E-state index in [9.17, 15) is 9.59 Å². The maximum atomic E-state index is 12.8. The minimum Gasteiger partial charge on any atom is -0.444 e. The Balaban J connectivity index is 1.34. The van der Waals surface area contributed by atoms with Gasteiger partial charge in [-0.3, -0.25) is 9.59 Å². The number of hydrogen-bond acceptors (Lipinski definition) is 5. The molecular weight excluding hydrogens is 410 g/mol. The number of likely N-dealkylation sites (tertiary alicyclic amines) is 1. The Morgan fingerprint density at radius 3 is 2.55 bits per heavy atom. The molecule has 6 nitrogen and oxygen atoms in total. The number of rotatable bonds is 6. The van der Waals surface area contributed by atoms with Crippen molar-refractivity contribution in [2.24, 2.45) is 11.8 Å². The van der Waals surface area contributed by atoms with E-state index in [2.05, 4.69) is 24.1 Å². The van der Waals surface area contributed by atoms with Crippen LogP contribution in [0, 0.1) is 11.8 Å². The van der Waals surface area contributed by atoms with Crippen molar-refractivity contribution in [3.8, 4) is 11.5 Å². The monoisotopic (exact) mass is 437 g/mol. The molecule has 1 N–H and O–H groups in total. The van der Waals surface area contributed by atoms with Gasteiger partial charge in [-0.05, 0) is 58.3 Å². The topological polar surface area (TPSA) is 75.4 Å². The summed E-state index contributed by atoms with van der Waals surface area (Å²) in [5.74, 6) is 1.35. The largest absolute Gasteiger partial charge is 0.444 e. The van der Waals surface area contributed by atoms with Crippen LogP contribution in [0.1, 0.15) is 41.9 Å². The van der Waals surface area contributed by atoms with Gasteiger partial charge in [0.2, 0.25) is 11.8 Å². The number of nitrogens with zero attached hydrogens (tertiary/aromatic N) is 2. The molecule has 0 bridgehead atoms. The molecule has 162 valence electrons. The molecule has 31 heavy (non-hydrogen) atoms. The van der Waals surface area contributed by atoms with E-state index < -0.39 is 0 Å². The molecule has 3 aromatic rings. The van der Waals surface area contributed by atoms with Crippen molar-refractivity contribution in [3.05, 3.63) is 64.2 Å². The van der Waals surface area contributed by atoms with Crippen LogP contribution in [0.25, 0.3) is 11.5 Å². The molecular formula is C24H27N3O3S. The zero-order valence-electron chi connectivity index (χ0n) is 17.8. The van der Waals surface area contributed by atoms with E-state index in [-0.39, 0.29) is 11.8 Å². The molecule has 2 unspecified atom stereocenters. The predicted molar refractivity (Wildman–Crippen MR) is 121 cm³/mol. The number of amides is 2. The second kappa shape index (κ2) is 9.47. The number of oxazole rings is 1. The lowest BCUT2D eigenvalue weighted by molar-refractivity contribution is -0.120. The first kappa shape index (κ1) is 21.3. The predicted octanol–water partition coefficient (Wildman–Crippen LogP) is 4.38. The van der Waals surface area contributed by atoms with Crippen molar-refractivity contribution < 1.29 is 14.0 Å². The molecule has 1 aliphatic rings. The fraction of sp³-hybridized carbons (Fsp3) is 0.375. The average Bonchev–Trinajstić information content (AvgIpc) is 3.44. The highest BCUT2D eigenvalue weighted by Gasteiger charge is 2.28. The third-order valence-corrected chi connectivity index (χ3v) is 6.25. The second-order valence-corrected chi connectivity index (χ2v) is 9.26. The fourth-order valence-corrected chi connectivity index (χ4v) is 4.77. The normalized spacial score (nSPS) is 18.7. The van der Waals surface area contributed by atoms with Gasteiger partial charge in [0.25, 0.3) is 5.91 Å². The van der Waals surface area contributed by atoms with Gasteiger partial charge in [-0.15, -0.1) is 0 Å². The van der Waals surface area contributed by atoms with E-state index >= 15 is 0 Å². The number of carbonyl (C=O) groups excluding carboxylic acids is 2. The van der Waals surface area contributed by atoms with E-state index in [1.54, 1.807) is 11.3 Å². The van der Waals surface area contributed by atoms with Gasteiger partial charge in [0.1, 0.15) is 6.26 Å². The third-order valence-electron chi connectivity index (χ3n) is 5.51. The lowest BCUT2D eigenvalue weighted by Gasteiger charge is -2.34. The van der Waals surface area contributed by atoms with Crippen LogP contribution in [-0.4, -0.2) is 34.8 Å². The van der Waals surface area contributed by atoms with Crippen molar-refractivity contribution in [2.45, 2.75) is 33.2 Å². The van der Waals surface area contributed by atoms with Gasteiger partial charge in [0, 0.05) is 25.2 Å². The number of thiophene rings is 1. The summed E-state index contributed by atoms with van der Waals surface area (Å²) in [5, 5.41) is 6.89. The van der Waals surface area contributed by atoms with Gasteiger partial charge < -0.3 is 14.6 Å². The van der Waals surface area contributed by atoms with Gasteiger partial charge in [0.15, 0.2) is 5.69 Å². The van der Waals surface area contributed by atoms with Crippen molar-refractivity contribution in [1.29, 1.82) is 0 Å². The molecule has 1 saturated heterocycles. The van der Waals surface area contributed by atoms with Gasteiger partial charge in [0.05, 0.1) is 6.42 Å². The Morgan fingerprint density at radius 2 is 1.87 bits per heavy atom. The third kappa shape index (κ3) is 5.41.